The van der Waals surface area contributed by atoms with Gasteiger partial charge in [0.2, 0.25) is 0 Å². The number of benzene rings is 1. The molecule has 0 unspecified atom stereocenters. The predicted molar refractivity (Wildman–Crippen MR) is 91.0 cm³/mol. The zero-order valence-corrected chi connectivity index (χ0v) is 14.2. The van der Waals surface area contributed by atoms with Crippen LogP contribution in [-0.2, 0) is 22.4 Å². The van der Waals surface area contributed by atoms with Gasteiger partial charge in [-0.05, 0) is 36.8 Å². The molecule has 0 aromatic heterocycles. The van der Waals surface area contributed by atoms with Gasteiger partial charge < -0.3 is 10.2 Å². The van der Waals surface area contributed by atoms with Crippen LogP contribution in [0.4, 0.5) is 5.69 Å². The number of carbonyl (C=O) groups excluding carboxylic acids is 2. The molecule has 0 aliphatic heterocycles. The summed E-state index contributed by atoms with van der Waals surface area (Å²) in [6.07, 6.45) is 3.35. The first-order valence-electron chi connectivity index (χ1n) is 8.29. The molecule has 4 heteroatoms. The number of nitrogens with one attached hydrogen (secondary N) is 1. The minimum atomic E-state index is -0.530. The highest BCUT2D eigenvalue weighted by atomic mass is 16.2. The molecule has 1 aromatic carbocycles. The molecule has 0 radical (unpaired) electrons. The Hall–Kier alpha value is -1.84. The summed E-state index contributed by atoms with van der Waals surface area (Å²) >= 11 is 0. The van der Waals surface area contributed by atoms with Crippen molar-refractivity contribution in [3.63, 3.8) is 0 Å². The SMILES string of the molecule is CCCN(CCC)C(=O)C(=O)Nc1c(CC)cccc1CC. The van der Waals surface area contributed by atoms with Crippen LogP contribution < -0.4 is 5.32 Å². The van der Waals surface area contributed by atoms with Crippen molar-refractivity contribution in [2.24, 2.45) is 0 Å². The minimum absolute atomic E-state index is 0.434. The third kappa shape index (κ3) is 4.58. The van der Waals surface area contributed by atoms with Crippen LogP contribution in [0.3, 0.4) is 0 Å². The van der Waals surface area contributed by atoms with Crippen molar-refractivity contribution < 1.29 is 9.59 Å². The van der Waals surface area contributed by atoms with Crippen LogP contribution in [0.5, 0.6) is 0 Å². The number of hydrogen-bond donors (Lipinski definition) is 1. The quantitative estimate of drug-likeness (QED) is 0.785. The largest absolute Gasteiger partial charge is 0.334 e. The standard InChI is InChI=1S/C18H28N2O2/c1-5-12-20(13-6-2)18(22)17(21)19-16-14(7-3)10-9-11-15(16)8-4/h9-11H,5-8,12-13H2,1-4H3,(H,19,21). The molecule has 0 saturated heterocycles. The fourth-order valence-corrected chi connectivity index (χ4v) is 2.57. The van der Waals surface area contributed by atoms with E-state index in [-0.39, 0.29) is 0 Å². The summed E-state index contributed by atoms with van der Waals surface area (Å²) in [4.78, 5) is 26.3. The summed E-state index contributed by atoms with van der Waals surface area (Å²) in [7, 11) is 0. The van der Waals surface area contributed by atoms with Crippen molar-refractivity contribution in [2.75, 3.05) is 18.4 Å². The number of aryl methyl sites for hydroxylation is 2. The average molecular weight is 304 g/mol. The molecule has 0 saturated carbocycles. The van der Waals surface area contributed by atoms with E-state index in [1.165, 1.54) is 0 Å². The molecule has 0 bridgehead atoms. The molecular weight excluding hydrogens is 276 g/mol. The van der Waals surface area contributed by atoms with E-state index in [9.17, 15) is 9.59 Å². The number of rotatable bonds is 7. The lowest BCUT2D eigenvalue weighted by Crippen LogP contribution is -2.40. The summed E-state index contributed by atoms with van der Waals surface area (Å²) < 4.78 is 0. The molecular formula is C18H28N2O2. The second kappa shape index (κ2) is 9.23. The van der Waals surface area contributed by atoms with Gasteiger partial charge in [-0.15, -0.1) is 0 Å². The summed E-state index contributed by atoms with van der Waals surface area (Å²) in [5, 5.41) is 2.85. The summed E-state index contributed by atoms with van der Waals surface area (Å²) in [5.74, 6) is -0.964. The van der Waals surface area contributed by atoms with Crippen LogP contribution in [0.1, 0.15) is 51.7 Å². The van der Waals surface area contributed by atoms with Crippen LogP contribution in [0.2, 0.25) is 0 Å². The first-order valence-corrected chi connectivity index (χ1v) is 8.29. The van der Waals surface area contributed by atoms with Crippen molar-refractivity contribution in [2.45, 2.75) is 53.4 Å². The molecule has 2 amide bonds. The lowest BCUT2D eigenvalue weighted by Gasteiger charge is -2.21. The molecule has 1 N–H and O–H groups in total. The van der Waals surface area contributed by atoms with Crippen LogP contribution in [0, 0.1) is 0 Å². The number of nitrogens with zero attached hydrogens (tertiary/aromatic N) is 1. The first-order chi connectivity index (χ1) is 10.6. The van der Waals surface area contributed by atoms with Crippen LogP contribution in [-0.4, -0.2) is 29.8 Å². The Morgan fingerprint density at radius 2 is 1.45 bits per heavy atom. The van der Waals surface area contributed by atoms with Crippen molar-refractivity contribution in [1.29, 1.82) is 0 Å². The molecule has 1 aromatic rings. The highest BCUT2D eigenvalue weighted by molar-refractivity contribution is 6.39. The van der Waals surface area contributed by atoms with E-state index in [1.807, 2.05) is 45.9 Å². The number of anilines is 1. The van der Waals surface area contributed by atoms with Crippen molar-refractivity contribution in [1.82, 2.24) is 4.90 Å². The monoisotopic (exact) mass is 304 g/mol. The molecule has 1 rings (SSSR count). The van der Waals surface area contributed by atoms with Crippen molar-refractivity contribution in [3.8, 4) is 0 Å². The van der Waals surface area contributed by atoms with E-state index >= 15 is 0 Å². The molecule has 122 valence electrons. The van der Waals surface area contributed by atoms with Gasteiger partial charge in [0.15, 0.2) is 0 Å². The Labute approximate surface area is 133 Å². The van der Waals surface area contributed by atoms with E-state index in [0.717, 1.165) is 42.5 Å². The molecule has 4 nitrogen and oxygen atoms in total. The van der Waals surface area contributed by atoms with E-state index in [1.54, 1.807) is 4.90 Å². The lowest BCUT2D eigenvalue weighted by atomic mass is 10.0. The summed E-state index contributed by atoms with van der Waals surface area (Å²) in [6.45, 7) is 9.36. The maximum Gasteiger partial charge on any atom is 0.313 e. The highest BCUT2D eigenvalue weighted by Crippen LogP contribution is 2.22. The fourth-order valence-electron chi connectivity index (χ4n) is 2.57. The molecule has 22 heavy (non-hydrogen) atoms. The number of amides is 2. The predicted octanol–water partition coefficient (Wildman–Crippen LogP) is 3.40. The zero-order valence-electron chi connectivity index (χ0n) is 14.2. The molecule has 0 atom stereocenters. The van der Waals surface area contributed by atoms with E-state index in [0.29, 0.717) is 13.1 Å². The first kappa shape index (κ1) is 18.2. The van der Waals surface area contributed by atoms with Gasteiger partial charge >= 0.3 is 11.8 Å². The second-order valence-electron chi connectivity index (χ2n) is 5.40. The maximum absolute atomic E-state index is 12.3. The Balaban J connectivity index is 2.94. The second-order valence-corrected chi connectivity index (χ2v) is 5.40. The third-order valence-electron chi connectivity index (χ3n) is 3.71. The van der Waals surface area contributed by atoms with Crippen LogP contribution in [0.15, 0.2) is 18.2 Å². The Morgan fingerprint density at radius 1 is 0.955 bits per heavy atom. The Bertz CT molecular complexity index is 484. The normalized spacial score (nSPS) is 10.4. The molecule has 0 heterocycles. The molecule has 0 aliphatic carbocycles. The third-order valence-corrected chi connectivity index (χ3v) is 3.71. The van der Waals surface area contributed by atoms with Crippen LogP contribution in [0.25, 0.3) is 0 Å². The van der Waals surface area contributed by atoms with Crippen molar-refractivity contribution >= 4 is 17.5 Å². The van der Waals surface area contributed by atoms with Gasteiger partial charge in [-0.1, -0.05) is 45.9 Å². The topological polar surface area (TPSA) is 49.4 Å². The van der Waals surface area contributed by atoms with E-state index < -0.39 is 11.8 Å². The van der Waals surface area contributed by atoms with E-state index in [2.05, 4.69) is 5.32 Å². The van der Waals surface area contributed by atoms with Gasteiger partial charge in [0, 0.05) is 18.8 Å². The molecule has 0 spiro atoms. The Kier molecular flexibility index (Phi) is 7.64. The maximum atomic E-state index is 12.3. The van der Waals surface area contributed by atoms with Gasteiger partial charge in [0.05, 0.1) is 0 Å². The highest BCUT2D eigenvalue weighted by Gasteiger charge is 2.22. The smallest absolute Gasteiger partial charge is 0.313 e. The van der Waals surface area contributed by atoms with Crippen molar-refractivity contribution in [3.05, 3.63) is 29.3 Å². The lowest BCUT2D eigenvalue weighted by molar-refractivity contribution is -0.143. The number of carbonyl (C=O) groups is 2. The summed E-state index contributed by atoms with van der Waals surface area (Å²) in [5.41, 5.74) is 2.94. The number of para-hydroxylation sites is 1. The van der Waals surface area contributed by atoms with Gasteiger partial charge in [-0.25, -0.2) is 0 Å². The average Bonchev–Trinajstić information content (AvgIpc) is 2.54. The molecule has 0 aliphatic rings. The minimum Gasteiger partial charge on any atom is -0.334 e. The molecule has 0 fully saturated rings. The van der Waals surface area contributed by atoms with Gasteiger partial charge in [0.25, 0.3) is 0 Å². The van der Waals surface area contributed by atoms with E-state index in [4.69, 9.17) is 0 Å². The Morgan fingerprint density at radius 3 is 1.86 bits per heavy atom. The van der Waals surface area contributed by atoms with Crippen LogP contribution >= 0.6 is 0 Å². The van der Waals surface area contributed by atoms with Gasteiger partial charge in [-0.3, -0.25) is 9.59 Å². The fraction of sp³-hybridized carbons (Fsp3) is 0.556. The zero-order chi connectivity index (χ0) is 16.5. The summed E-state index contributed by atoms with van der Waals surface area (Å²) in [6, 6.07) is 5.99. The van der Waals surface area contributed by atoms with Gasteiger partial charge in [0.1, 0.15) is 0 Å². The number of hydrogen-bond acceptors (Lipinski definition) is 2. The van der Waals surface area contributed by atoms with Gasteiger partial charge in [-0.2, -0.15) is 0 Å².